The summed E-state index contributed by atoms with van der Waals surface area (Å²) in [5.41, 5.74) is 3.23. The fourth-order valence-corrected chi connectivity index (χ4v) is 9.28. The lowest BCUT2D eigenvalue weighted by Gasteiger charge is -2.20. The van der Waals surface area contributed by atoms with Crippen LogP contribution in [0.15, 0.2) is 80.5 Å². The average Bonchev–Trinajstić information content (AvgIpc) is 4.25. The van der Waals surface area contributed by atoms with Crippen molar-refractivity contribution in [3.63, 3.8) is 0 Å². The highest BCUT2D eigenvalue weighted by Crippen LogP contribution is 2.35. The second kappa shape index (κ2) is 23.0. The Morgan fingerprint density at radius 2 is 1.26 bits per heavy atom. The minimum atomic E-state index is -1.10. The summed E-state index contributed by atoms with van der Waals surface area (Å²) in [4.78, 5) is 145. The van der Waals surface area contributed by atoms with Crippen molar-refractivity contribution in [2.24, 2.45) is 11.7 Å². The average molecular weight is 1110 g/mol. The number of carbonyl (C=O) groups excluding carboxylic acids is 9. The van der Waals surface area contributed by atoms with E-state index in [1.165, 1.54) is 42.1 Å². The van der Waals surface area contributed by atoms with Gasteiger partial charge < -0.3 is 57.1 Å². The number of aryl methyl sites for hydroxylation is 2. The number of fused-ring (bicyclic) bond motifs is 13. The largest absolute Gasteiger partial charge is 0.443 e. The van der Waals surface area contributed by atoms with Gasteiger partial charge in [0.15, 0.2) is 5.69 Å². The van der Waals surface area contributed by atoms with Gasteiger partial charge in [0.2, 0.25) is 17.7 Å². The summed E-state index contributed by atoms with van der Waals surface area (Å²) >= 11 is 3.20. The molecule has 0 radical (unpaired) electrons. The summed E-state index contributed by atoms with van der Waals surface area (Å²) in [6.45, 7) is 23.9. The van der Waals surface area contributed by atoms with Crippen molar-refractivity contribution in [1.82, 2.24) is 72.4 Å². The van der Waals surface area contributed by atoms with Gasteiger partial charge in [0, 0.05) is 21.7 Å². The lowest BCUT2D eigenvalue weighted by Crippen LogP contribution is -2.49. The molecule has 0 aromatic carbocycles. The number of aromatic nitrogens is 6. The van der Waals surface area contributed by atoms with E-state index in [9.17, 15) is 43.2 Å². The van der Waals surface area contributed by atoms with Crippen molar-refractivity contribution < 1.29 is 52.0 Å². The predicted octanol–water partition coefficient (Wildman–Crippen LogP) is 3.13. The second-order valence-electron chi connectivity index (χ2n) is 17.1. The van der Waals surface area contributed by atoms with E-state index in [2.05, 4.69) is 98.8 Å². The van der Waals surface area contributed by atoms with Gasteiger partial charge in [-0.3, -0.25) is 43.2 Å². The lowest BCUT2D eigenvalue weighted by atomic mass is 10.0. The van der Waals surface area contributed by atoms with Crippen molar-refractivity contribution in [2.75, 3.05) is 0 Å². The minimum Gasteiger partial charge on any atom is -0.443 e. The second-order valence-corrected chi connectivity index (χ2v) is 19.7. The van der Waals surface area contributed by atoms with Gasteiger partial charge in [-0.2, -0.15) is 0 Å². The van der Waals surface area contributed by atoms with Crippen LogP contribution in [0.5, 0.6) is 0 Å². The van der Waals surface area contributed by atoms with Gasteiger partial charge in [-0.05, 0) is 45.7 Å². The van der Waals surface area contributed by atoms with E-state index in [1.54, 1.807) is 27.7 Å². The first-order chi connectivity index (χ1) is 36.4. The zero-order chi connectivity index (χ0) is 56.2. The summed E-state index contributed by atoms with van der Waals surface area (Å²) in [7, 11) is 0. The molecule has 6 aromatic heterocycles. The van der Waals surface area contributed by atoms with Crippen LogP contribution in [-0.2, 0) is 25.7 Å². The number of nitrogens with zero attached hydrogens (tertiary/aromatic N) is 6. The van der Waals surface area contributed by atoms with Crippen LogP contribution in [0.1, 0.15) is 126 Å². The van der Waals surface area contributed by atoms with Crippen LogP contribution in [0, 0.1) is 19.8 Å². The predicted molar refractivity (Wildman–Crippen MR) is 278 cm³/mol. The van der Waals surface area contributed by atoms with Crippen LogP contribution >= 0.6 is 34.0 Å². The first-order valence-electron chi connectivity index (χ1n) is 22.7. The maximum atomic E-state index is 13.8. The number of primary amides is 1. The van der Waals surface area contributed by atoms with Crippen LogP contribution in [0.25, 0.3) is 27.7 Å². The summed E-state index contributed by atoms with van der Waals surface area (Å²) in [5, 5.41) is 25.5. The van der Waals surface area contributed by atoms with Crippen molar-refractivity contribution in [2.45, 2.75) is 66.2 Å². The molecule has 29 heteroatoms. The summed E-state index contributed by atoms with van der Waals surface area (Å²) < 4.78 is 11.6. The highest BCUT2D eigenvalue weighted by molar-refractivity contribution is 7.13. The van der Waals surface area contributed by atoms with Gasteiger partial charge in [0.25, 0.3) is 47.3 Å². The zero-order valence-corrected chi connectivity index (χ0v) is 44.2. The van der Waals surface area contributed by atoms with E-state index >= 15 is 0 Å². The van der Waals surface area contributed by atoms with Gasteiger partial charge in [0.1, 0.15) is 66.7 Å². The number of oxazole rings is 2. The van der Waals surface area contributed by atoms with Crippen LogP contribution in [0.4, 0.5) is 0 Å². The Morgan fingerprint density at radius 3 is 1.91 bits per heavy atom. The van der Waals surface area contributed by atoms with E-state index in [0.29, 0.717) is 10.0 Å². The molecule has 7 rings (SSSR count). The molecule has 3 unspecified atom stereocenters. The SMILES string of the molecule is C=C(NC(=O)C(=C)NC(=O)c1ccc2c(n1)-c1nc(oc1C)C(=C)NC(=O)C(=C)NC(=O)c1csc(n1)C(C)NC(=O)c1csc(n1)C(C)NC(=O)c1nc(oc1C)CNC(=O)C(C(C)C)NC(=O)c1csc-2n1)C(N)=O. The molecule has 3 atom stereocenters. The van der Waals surface area contributed by atoms with E-state index in [4.69, 9.17) is 14.6 Å². The molecule has 1 aliphatic rings. The molecule has 77 heavy (non-hydrogen) atoms. The molecule has 0 aliphatic carbocycles. The number of hydrogen-bond acceptors (Lipinski definition) is 20. The first-order valence-corrected chi connectivity index (χ1v) is 25.4. The van der Waals surface area contributed by atoms with Crippen molar-refractivity contribution in [3.8, 4) is 22.0 Å². The van der Waals surface area contributed by atoms with E-state index in [1.807, 2.05) is 0 Å². The molecule has 398 valence electrons. The van der Waals surface area contributed by atoms with Crippen LogP contribution < -0.4 is 48.3 Å². The molecule has 7 heterocycles. The third-order valence-electron chi connectivity index (χ3n) is 10.9. The highest BCUT2D eigenvalue weighted by atomic mass is 32.1. The fourth-order valence-electron chi connectivity index (χ4n) is 6.84. The zero-order valence-electron chi connectivity index (χ0n) is 41.7. The van der Waals surface area contributed by atoms with Crippen molar-refractivity contribution in [1.29, 1.82) is 0 Å². The van der Waals surface area contributed by atoms with Gasteiger partial charge in [-0.25, -0.2) is 29.9 Å². The van der Waals surface area contributed by atoms with Gasteiger partial charge in [-0.1, -0.05) is 40.2 Å². The molecule has 9 amide bonds. The Bertz CT molecular complexity index is 3490. The number of hydrogen-bond donors (Lipinski definition) is 9. The molecule has 10 bridgehead atoms. The fraction of sp³-hybridized carbons (Fsp3) is 0.229. The number of carbonyl (C=O) groups is 9. The topological polar surface area (TPSA) is 380 Å². The van der Waals surface area contributed by atoms with E-state index in [-0.39, 0.29) is 86.0 Å². The number of nitrogens with two attached hydrogens (primary N) is 1. The van der Waals surface area contributed by atoms with E-state index in [0.717, 1.165) is 34.0 Å². The standard InChI is InChI=1S/C48H47N15O11S3/c1-17(2)32-43(71)50-13-31-61-34(25(10)73-31)44(72)56-23(8)47-59-29(15-76-47)41(69)55-22(7)46-58-28(14-75-46)40(68)53-20(5)38(66)54-21(6)45-63-33(24(9)74-45)35-26(48-60-30(16-77-48)42(70)62-32)11-12-27(57-35)39(67)52-19(4)37(65)51-18(3)36(49)64/h11-12,14-17,22-23,32H,3-6,13H2,1-2,7-10H3,(H2,49,64)(H,50,71)(H,51,65)(H,52,67)(H,53,68)(H,54,66)(H,55,69)(H,56,72)(H,62,70). The molecule has 0 saturated heterocycles. The Kier molecular flexibility index (Phi) is 16.6. The Balaban J connectivity index is 1.20. The molecule has 1 aliphatic heterocycles. The third kappa shape index (κ3) is 12.8. The number of nitrogens with one attached hydrogen (secondary N) is 8. The van der Waals surface area contributed by atoms with Crippen molar-refractivity contribution >= 4 is 92.9 Å². The maximum Gasteiger partial charge on any atom is 0.275 e. The van der Waals surface area contributed by atoms with Crippen LogP contribution in [0.3, 0.4) is 0 Å². The smallest absolute Gasteiger partial charge is 0.275 e. The van der Waals surface area contributed by atoms with Crippen molar-refractivity contribution in [3.05, 3.63) is 133 Å². The Labute approximate surface area is 448 Å². The monoisotopic (exact) mass is 1110 g/mol. The highest BCUT2D eigenvalue weighted by Gasteiger charge is 2.30. The number of thiazole rings is 3. The minimum absolute atomic E-state index is 0.00141. The summed E-state index contributed by atoms with van der Waals surface area (Å²) in [5.74, 6) is -7.66. The van der Waals surface area contributed by atoms with Crippen LogP contribution in [-0.4, -0.2) is 89.1 Å². The molecule has 0 fully saturated rings. The third-order valence-corrected chi connectivity index (χ3v) is 13.9. The number of amides is 9. The maximum absolute atomic E-state index is 13.8. The summed E-state index contributed by atoms with van der Waals surface area (Å²) in [6.07, 6.45) is 0. The Hall–Kier alpha value is -9.35. The molecule has 26 nitrogen and oxygen atoms in total. The number of pyridine rings is 1. The first kappa shape index (κ1) is 55.4. The van der Waals surface area contributed by atoms with Gasteiger partial charge >= 0.3 is 0 Å². The lowest BCUT2D eigenvalue weighted by molar-refractivity contribution is -0.124. The van der Waals surface area contributed by atoms with E-state index < -0.39 is 94.3 Å². The molecule has 6 aromatic rings. The number of rotatable bonds is 6. The molecular weight excluding hydrogens is 1060 g/mol. The normalized spacial score (nSPS) is 17.0. The molecule has 0 spiro atoms. The Morgan fingerprint density at radius 1 is 0.675 bits per heavy atom. The summed E-state index contributed by atoms with van der Waals surface area (Å²) in [6, 6.07) is 0.234. The van der Waals surface area contributed by atoms with Crippen LogP contribution in [0.2, 0.25) is 0 Å². The van der Waals surface area contributed by atoms with Gasteiger partial charge in [-0.15, -0.1) is 34.0 Å². The molecule has 10 N–H and O–H groups in total. The quantitative estimate of drug-likeness (QED) is 0.108. The molecular formula is C48H47N15O11S3. The molecule has 0 saturated carbocycles. The van der Waals surface area contributed by atoms with Gasteiger partial charge in [0.05, 0.1) is 41.4 Å².